The lowest BCUT2D eigenvalue weighted by molar-refractivity contribution is 0.728. The molecule has 0 heteroatoms. The van der Waals surface area contributed by atoms with Gasteiger partial charge in [0.2, 0.25) is 0 Å². The first-order valence-corrected chi connectivity index (χ1v) is 5.99. The van der Waals surface area contributed by atoms with Gasteiger partial charge in [-0.3, -0.25) is 0 Å². The zero-order valence-electron chi connectivity index (χ0n) is 9.99. The molecule has 0 saturated heterocycles. The minimum Gasteiger partial charge on any atom is -0.0991 e. The van der Waals surface area contributed by atoms with E-state index in [1.54, 1.807) is 0 Å². The van der Waals surface area contributed by atoms with Gasteiger partial charge in [-0.2, -0.15) is 0 Å². The highest BCUT2D eigenvalue weighted by atomic mass is 13.9. The van der Waals surface area contributed by atoms with Crippen LogP contribution in [0.2, 0.25) is 0 Å². The molecule has 0 amide bonds. The molecule has 0 aromatic rings. The van der Waals surface area contributed by atoms with Gasteiger partial charge in [0, 0.05) is 0 Å². The van der Waals surface area contributed by atoms with Crippen LogP contribution < -0.4 is 0 Å². The summed E-state index contributed by atoms with van der Waals surface area (Å²) in [6.45, 7) is 5.86. The third-order valence-electron chi connectivity index (χ3n) is 2.12. The third kappa shape index (κ3) is 13.0. The second-order valence-corrected chi connectivity index (χ2v) is 3.57. The Hall–Kier alpha value is -1.04. The molecular weight excluding hydrogens is 180 g/mol. The normalized spacial score (nSPS) is 12.1. The molecule has 0 aromatic carbocycles. The van der Waals surface area contributed by atoms with Gasteiger partial charge in [0.05, 0.1) is 0 Å². The minimum absolute atomic E-state index is 1.01. The molecule has 0 aliphatic heterocycles. The zero-order valence-corrected chi connectivity index (χ0v) is 9.99. The molecule has 0 aliphatic rings. The molecule has 0 rings (SSSR count). The summed E-state index contributed by atoms with van der Waals surface area (Å²) in [7, 11) is 0. The van der Waals surface area contributed by atoms with E-state index in [2.05, 4.69) is 43.9 Å². The molecule has 0 bridgehead atoms. The van der Waals surface area contributed by atoms with E-state index in [0.29, 0.717) is 0 Å². The summed E-state index contributed by atoms with van der Waals surface area (Å²) in [6.07, 6.45) is 22.1. The molecule has 15 heavy (non-hydrogen) atoms. The van der Waals surface area contributed by atoms with Crippen molar-refractivity contribution in [2.45, 2.75) is 45.4 Å². The highest BCUT2D eigenvalue weighted by Crippen LogP contribution is 2.00. The SMILES string of the molecule is C=C/C=C\C/C=C\C/C=C\CCCCC. The van der Waals surface area contributed by atoms with Gasteiger partial charge >= 0.3 is 0 Å². The van der Waals surface area contributed by atoms with Gasteiger partial charge in [-0.05, 0) is 25.7 Å². The molecule has 0 N–H and O–H groups in total. The zero-order chi connectivity index (χ0) is 11.2. The summed E-state index contributed by atoms with van der Waals surface area (Å²) in [5.41, 5.74) is 0. The van der Waals surface area contributed by atoms with Crippen molar-refractivity contribution in [2.75, 3.05) is 0 Å². The molecule has 0 heterocycles. The second-order valence-electron chi connectivity index (χ2n) is 3.57. The van der Waals surface area contributed by atoms with E-state index in [0.717, 1.165) is 12.8 Å². The Bertz CT molecular complexity index is 206. The van der Waals surface area contributed by atoms with Crippen molar-refractivity contribution in [1.82, 2.24) is 0 Å². The number of hydrogen-bond donors (Lipinski definition) is 0. The van der Waals surface area contributed by atoms with E-state index < -0.39 is 0 Å². The van der Waals surface area contributed by atoms with Crippen LogP contribution in [0.25, 0.3) is 0 Å². The lowest BCUT2D eigenvalue weighted by Crippen LogP contribution is -1.70. The molecular formula is C15H24. The van der Waals surface area contributed by atoms with Crippen LogP contribution in [0.15, 0.2) is 49.1 Å². The second kappa shape index (κ2) is 13.0. The number of rotatable bonds is 9. The third-order valence-corrected chi connectivity index (χ3v) is 2.12. The monoisotopic (exact) mass is 204 g/mol. The van der Waals surface area contributed by atoms with E-state index in [-0.39, 0.29) is 0 Å². The summed E-state index contributed by atoms with van der Waals surface area (Å²) >= 11 is 0. The van der Waals surface area contributed by atoms with Crippen molar-refractivity contribution in [3.63, 3.8) is 0 Å². The van der Waals surface area contributed by atoms with Crippen molar-refractivity contribution in [2.24, 2.45) is 0 Å². The predicted octanol–water partition coefficient (Wildman–Crippen LogP) is 5.20. The van der Waals surface area contributed by atoms with Crippen LogP contribution in [-0.2, 0) is 0 Å². The van der Waals surface area contributed by atoms with Crippen molar-refractivity contribution in [3.05, 3.63) is 49.1 Å². The van der Waals surface area contributed by atoms with Gasteiger partial charge in [-0.1, -0.05) is 68.9 Å². The van der Waals surface area contributed by atoms with E-state index in [1.807, 2.05) is 12.2 Å². The highest BCUT2D eigenvalue weighted by Gasteiger charge is 1.80. The van der Waals surface area contributed by atoms with Crippen LogP contribution in [0.3, 0.4) is 0 Å². The Morgan fingerprint density at radius 3 is 2.20 bits per heavy atom. The van der Waals surface area contributed by atoms with Crippen molar-refractivity contribution < 1.29 is 0 Å². The van der Waals surface area contributed by atoms with Gasteiger partial charge in [-0.15, -0.1) is 0 Å². The molecule has 0 fully saturated rings. The van der Waals surface area contributed by atoms with E-state index in [9.17, 15) is 0 Å². The van der Waals surface area contributed by atoms with Gasteiger partial charge in [0.1, 0.15) is 0 Å². The predicted molar refractivity (Wildman–Crippen MR) is 71.0 cm³/mol. The Kier molecular flexibility index (Phi) is 12.1. The number of unbranched alkanes of at least 4 members (excludes halogenated alkanes) is 3. The standard InChI is InChI=1S/C15H24/c1-3-5-7-9-11-13-15-14-12-10-8-6-4-2/h3,5,7,11-14H,1,4,6,8-10,15H2,2H3/b7-5-,13-11-,14-12-. The van der Waals surface area contributed by atoms with Gasteiger partial charge in [0.15, 0.2) is 0 Å². The molecule has 0 atom stereocenters. The van der Waals surface area contributed by atoms with E-state index in [4.69, 9.17) is 0 Å². The summed E-state index contributed by atoms with van der Waals surface area (Å²) in [6, 6.07) is 0. The smallest absolute Gasteiger partial charge is 0.0166 e. The maximum Gasteiger partial charge on any atom is -0.0166 e. The van der Waals surface area contributed by atoms with Crippen molar-refractivity contribution in [1.29, 1.82) is 0 Å². The lowest BCUT2D eigenvalue weighted by Gasteiger charge is -1.90. The van der Waals surface area contributed by atoms with Crippen LogP contribution in [0, 0.1) is 0 Å². The molecule has 0 saturated carbocycles. The molecule has 84 valence electrons. The summed E-state index contributed by atoms with van der Waals surface area (Å²) in [4.78, 5) is 0. The average molecular weight is 204 g/mol. The molecule has 0 aromatic heterocycles. The molecule has 0 spiro atoms. The fraction of sp³-hybridized carbons (Fsp3) is 0.467. The van der Waals surface area contributed by atoms with Gasteiger partial charge in [-0.25, -0.2) is 0 Å². The Balaban J connectivity index is 3.28. The number of hydrogen-bond acceptors (Lipinski definition) is 0. The largest absolute Gasteiger partial charge is 0.0991 e. The maximum atomic E-state index is 3.62. The summed E-state index contributed by atoms with van der Waals surface area (Å²) in [5.74, 6) is 0. The first-order valence-electron chi connectivity index (χ1n) is 5.99. The Morgan fingerprint density at radius 1 is 0.867 bits per heavy atom. The van der Waals surface area contributed by atoms with Gasteiger partial charge in [0.25, 0.3) is 0 Å². The first kappa shape index (κ1) is 14.0. The average Bonchev–Trinajstić information content (AvgIpc) is 2.26. The van der Waals surface area contributed by atoms with Crippen LogP contribution >= 0.6 is 0 Å². The Morgan fingerprint density at radius 2 is 1.53 bits per heavy atom. The Labute approximate surface area is 95.1 Å². The summed E-state index contributed by atoms with van der Waals surface area (Å²) in [5, 5.41) is 0. The van der Waals surface area contributed by atoms with Crippen LogP contribution in [0.4, 0.5) is 0 Å². The maximum absolute atomic E-state index is 3.62. The van der Waals surface area contributed by atoms with Crippen LogP contribution in [0.5, 0.6) is 0 Å². The van der Waals surface area contributed by atoms with Crippen molar-refractivity contribution >= 4 is 0 Å². The summed E-state index contributed by atoms with van der Waals surface area (Å²) < 4.78 is 0. The molecule has 0 radical (unpaired) electrons. The van der Waals surface area contributed by atoms with E-state index >= 15 is 0 Å². The lowest BCUT2D eigenvalue weighted by atomic mass is 10.2. The molecule has 0 aliphatic carbocycles. The highest BCUT2D eigenvalue weighted by molar-refractivity contribution is 5.02. The van der Waals surface area contributed by atoms with Crippen molar-refractivity contribution in [3.8, 4) is 0 Å². The van der Waals surface area contributed by atoms with Crippen LogP contribution in [0.1, 0.15) is 45.4 Å². The van der Waals surface area contributed by atoms with Gasteiger partial charge < -0.3 is 0 Å². The first-order chi connectivity index (χ1) is 7.41. The molecule has 0 nitrogen and oxygen atoms in total. The van der Waals surface area contributed by atoms with Crippen LogP contribution in [-0.4, -0.2) is 0 Å². The topological polar surface area (TPSA) is 0 Å². The quantitative estimate of drug-likeness (QED) is 0.275. The van der Waals surface area contributed by atoms with E-state index in [1.165, 1.54) is 25.7 Å². The fourth-order valence-electron chi connectivity index (χ4n) is 1.25. The fourth-order valence-corrected chi connectivity index (χ4v) is 1.25. The number of allylic oxidation sites excluding steroid dienone is 7. The minimum atomic E-state index is 1.01. The molecule has 0 unspecified atom stereocenters.